The van der Waals surface area contributed by atoms with Crippen molar-refractivity contribution >= 4 is 5.69 Å². The Labute approximate surface area is 106 Å². The number of hydrogen-bond donors (Lipinski definition) is 1. The third-order valence-corrected chi connectivity index (χ3v) is 3.32. The lowest BCUT2D eigenvalue weighted by Gasteiger charge is -2.30. The van der Waals surface area contributed by atoms with Gasteiger partial charge in [0.05, 0.1) is 0 Å². The van der Waals surface area contributed by atoms with Crippen LogP contribution in [0.5, 0.6) is 0 Å². The van der Waals surface area contributed by atoms with E-state index in [9.17, 15) is 0 Å². The Bertz CT molecular complexity index is 316. The van der Waals surface area contributed by atoms with Crippen LogP contribution in [0.1, 0.15) is 32.8 Å². The van der Waals surface area contributed by atoms with Gasteiger partial charge < -0.3 is 10.6 Å². The minimum atomic E-state index is 0.433. The summed E-state index contributed by atoms with van der Waals surface area (Å²) in [7, 11) is 2.14. The molecule has 0 amide bonds. The smallest absolute Gasteiger partial charge is 0.0411 e. The summed E-state index contributed by atoms with van der Waals surface area (Å²) in [5.74, 6) is 0.681. The predicted octanol–water partition coefficient (Wildman–Crippen LogP) is 3.06. The van der Waals surface area contributed by atoms with Crippen LogP contribution < -0.4 is 10.6 Å². The number of anilines is 1. The molecule has 1 aromatic carbocycles. The minimum absolute atomic E-state index is 0.433. The summed E-state index contributed by atoms with van der Waals surface area (Å²) in [6.45, 7) is 7.39. The molecule has 2 N–H and O–H groups in total. The largest absolute Gasteiger partial charge is 0.370 e. The second kappa shape index (κ2) is 6.65. The lowest BCUT2D eigenvalue weighted by molar-refractivity contribution is 0.485. The van der Waals surface area contributed by atoms with E-state index < -0.39 is 0 Å². The molecule has 1 atom stereocenters. The summed E-state index contributed by atoms with van der Waals surface area (Å²) in [5.41, 5.74) is 8.52. The van der Waals surface area contributed by atoms with Crippen molar-refractivity contribution in [1.29, 1.82) is 0 Å². The minimum Gasteiger partial charge on any atom is -0.370 e. The third-order valence-electron chi connectivity index (χ3n) is 3.32. The first kappa shape index (κ1) is 14.0. The van der Waals surface area contributed by atoms with Crippen LogP contribution in [0.2, 0.25) is 0 Å². The van der Waals surface area contributed by atoms with Crippen molar-refractivity contribution in [3.8, 4) is 0 Å². The van der Waals surface area contributed by atoms with Crippen LogP contribution in [-0.4, -0.2) is 19.6 Å². The SMILES string of the molecule is CCc1ccc(N(C)C(CN)CC(C)C)cc1. The molecule has 0 bridgehead atoms. The zero-order valence-corrected chi connectivity index (χ0v) is 11.6. The Morgan fingerprint density at radius 3 is 2.18 bits per heavy atom. The van der Waals surface area contributed by atoms with E-state index in [1.165, 1.54) is 11.3 Å². The maximum Gasteiger partial charge on any atom is 0.0411 e. The zero-order valence-electron chi connectivity index (χ0n) is 11.6. The zero-order chi connectivity index (χ0) is 12.8. The van der Waals surface area contributed by atoms with Gasteiger partial charge in [0, 0.05) is 25.3 Å². The highest BCUT2D eigenvalue weighted by Gasteiger charge is 2.14. The van der Waals surface area contributed by atoms with Crippen LogP contribution in [0.4, 0.5) is 5.69 Å². The molecule has 0 fully saturated rings. The van der Waals surface area contributed by atoms with Crippen LogP contribution in [0.15, 0.2) is 24.3 Å². The molecule has 0 radical (unpaired) electrons. The Balaban J connectivity index is 2.74. The van der Waals surface area contributed by atoms with E-state index in [1.54, 1.807) is 0 Å². The van der Waals surface area contributed by atoms with E-state index in [1.807, 2.05) is 0 Å². The van der Waals surface area contributed by atoms with Crippen molar-refractivity contribution in [2.24, 2.45) is 11.7 Å². The number of nitrogens with two attached hydrogens (primary N) is 1. The van der Waals surface area contributed by atoms with E-state index in [0.29, 0.717) is 18.5 Å². The summed E-state index contributed by atoms with van der Waals surface area (Å²) in [5, 5.41) is 0. The molecule has 96 valence electrons. The number of likely N-dealkylation sites (N-methyl/N-ethyl adjacent to an activating group) is 1. The Morgan fingerprint density at radius 2 is 1.76 bits per heavy atom. The van der Waals surface area contributed by atoms with Crippen molar-refractivity contribution in [2.75, 3.05) is 18.5 Å². The van der Waals surface area contributed by atoms with E-state index in [4.69, 9.17) is 5.73 Å². The maximum absolute atomic E-state index is 5.87. The number of rotatable bonds is 6. The number of aryl methyl sites for hydroxylation is 1. The van der Waals surface area contributed by atoms with Crippen molar-refractivity contribution < 1.29 is 0 Å². The first-order valence-corrected chi connectivity index (χ1v) is 6.60. The molecule has 1 aromatic rings. The first-order valence-electron chi connectivity index (χ1n) is 6.60. The average molecular weight is 234 g/mol. The van der Waals surface area contributed by atoms with Crippen LogP contribution in [0.3, 0.4) is 0 Å². The highest BCUT2D eigenvalue weighted by molar-refractivity contribution is 5.48. The topological polar surface area (TPSA) is 29.3 Å². The monoisotopic (exact) mass is 234 g/mol. The molecule has 17 heavy (non-hydrogen) atoms. The summed E-state index contributed by atoms with van der Waals surface area (Å²) in [6.07, 6.45) is 2.23. The first-order chi connectivity index (χ1) is 8.08. The van der Waals surface area contributed by atoms with Crippen LogP contribution in [-0.2, 0) is 6.42 Å². The lowest BCUT2D eigenvalue weighted by atomic mass is 10.0. The van der Waals surface area contributed by atoms with Gasteiger partial charge in [0.25, 0.3) is 0 Å². The standard InChI is InChI=1S/C15H26N2/c1-5-13-6-8-14(9-7-13)17(4)15(11-16)10-12(2)3/h6-9,12,15H,5,10-11,16H2,1-4H3. The summed E-state index contributed by atoms with van der Waals surface area (Å²) < 4.78 is 0. The molecule has 0 saturated carbocycles. The van der Waals surface area contributed by atoms with Crippen molar-refractivity contribution in [3.05, 3.63) is 29.8 Å². The van der Waals surface area contributed by atoms with Gasteiger partial charge in [-0.1, -0.05) is 32.9 Å². The Hall–Kier alpha value is -1.02. The van der Waals surface area contributed by atoms with Crippen LogP contribution in [0, 0.1) is 5.92 Å². The normalized spacial score (nSPS) is 12.8. The van der Waals surface area contributed by atoms with Gasteiger partial charge >= 0.3 is 0 Å². The molecule has 0 saturated heterocycles. The molecular weight excluding hydrogens is 208 g/mol. The van der Waals surface area contributed by atoms with Crippen molar-refractivity contribution in [3.63, 3.8) is 0 Å². The predicted molar refractivity (Wildman–Crippen MR) is 76.5 cm³/mol. The average Bonchev–Trinajstić information content (AvgIpc) is 2.35. The molecule has 0 aliphatic carbocycles. The van der Waals surface area contributed by atoms with Gasteiger partial charge in [-0.2, -0.15) is 0 Å². The summed E-state index contributed by atoms with van der Waals surface area (Å²) in [4.78, 5) is 2.31. The van der Waals surface area contributed by atoms with Crippen LogP contribution in [0.25, 0.3) is 0 Å². The quantitative estimate of drug-likeness (QED) is 0.819. The molecule has 0 heterocycles. The molecule has 1 rings (SSSR count). The molecule has 2 heteroatoms. The van der Waals surface area contributed by atoms with E-state index in [0.717, 1.165) is 12.8 Å². The second-order valence-electron chi connectivity index (χ2n) is 5.15. The van der Waals surface area contributed by atoms with Crippen LogP contribution >= 0.6 is 0 Å². The fraction of sp³-hybridized carbons (Fsp3) is 0.600. The van der Waals surface area contributed by atoms with Gasteiger partial charge in [0.15, 0.2) is 0 Å². The highest BCUT2D eigenvalue weighted by Crippen LogP contribution is 2.19. The fourth-order valence-electron chi connectivity index (χ4n) is 2.13. The molecule has 0 aliphatic rings. The number of hydrogen-bond acceptors (Lipinski definition) is 2. The molecule has 0 spiro atoms. The van der Waals surface area contributed by atoms with Gasteiger partial charge in [0.1, 0.15) is 0 Å². The maximum atomic E-state index is 5.87. The van der Waals surface area contributed by atoms with Gasteiger partial charge in [-0.3, -0.25) is 0 Å². The van der Waals surface area contributed by atoms with Gasteiger partial charge in [-0.25, -0.2) is 0 Å². The second-order valence-corrected chi connectivity index (χ2v) is 5.15. The third kappa shape index (κ3) is 4.04. The Kier molecular flexibility index (Phi) is 5.49. The van der Waals surface area contributed by atoms with Crippen molar-refractivity contribution in [2.45, 2.75) is 39.7 Å². The lowest BCUT2D eigenvalue weighted by Crippen LogP contribution is -2.38. The van der Waals surface area contributed by atoms with E-state index in [2.05, 4.69) is 57.0 Å². The molecule has 2 nitrogen and oxygen atoms in total. The molecule has 0 aliphatic heterocycles. The summed E-state index contributed by atoms with van der Waals surface area (Å²) in [6, 6.07) is 9.23. The fourth-order valence-corrected chi connectivity index (χ4v) is 2.13. The van der Waals surface area contributed by atoms with E-state index in [-0.39, 0.29) is 0 Å². The molecule has 1 unspecified atom stereocenters. The number of benzene rings is 1. The van der Waals surface area contributed by atoms with Gasteiger partial charge in [-0.05, 0) is 36.5 Å². The molecular formula is C15H26N2. The Morgan fingerprint density at radius 1 is 1.18 bits per heavy atom. The number of nitrogens with zero attached hydrogens (tertiary/aromatic N) is 1. The highest BCUT2D eigenvalue weighted by atomic mass is 15.1. The van der Waals surface area contributed by atoms with Gasteiger partial charge in [-0.15, -0.1) is 0 Å². The van der Waals surface area contributed by atoms with E-state index >= 15 is 0 Å². The summed E-state index contributed by atoms with van der Waals surface area (Å²) >= 11 is 0. The van der Waals surface area contributed by atoms with Gasteiger partial charge in [0.2, 0.25) is 0 Å². The molecule has 0 aromatic heterocycles. The van der Waals surface area contributed by atoms with Crippen molar-refractivity contribution in [1.82, 2.24) is 0 Å².